The summed E-state index contributed by atoms with van der Waals surface area (Å²) in [6.07, 6.45) is 2.59. The number of hydrazine groups is 1. The number of para-hydroxylation sites is 2. The number of hydrogen-bond donors (Lipinski definition) is 2. The number of nitro groups is 1. The molecule has 2 N–H and O–H groups in total. The minimum atomic E-state index is -0.631. The second kappa shape index (κ2) is 7.52. The molecule has 0 aliphatic rings. The number of benzene rings is 2. The number of anilines is 1. The van der Waals surface area contributed by atoms with Crippen LogP contribution in [0.25, 0.3) is 16.9 Å². The van der Waals surface area contributed by atoms with E-state index in [0.29, 0.717) is 11.0 Å². The third kappa shape index (κ3) is 3.44. The van der Waals surface area contributed by atoms with Gasteiger partial charge >= 0.3 is 5.69 Å². The molecular formula is C18H12ClN7O3. The monoisotopic (exact) mass is 409 g/mol. The molecule has 10 nitrogen and oxygen atoms in total. The van der Waals surface area contributed by atoms with Gasteiger partial charge in [-0.25, -0.2) is 15.0 Å². The molecule has 4 aromatic rings. The highest BCUT2D eigenvalue weighted by Gasteiger charge is 2.26. The molecule has 1 amide bonds. The lowest BCUT2D eigenvalue weighted by Gasteiger charge is -2.11. The SMILES string of the molecule is O=C(NNc1ncnc(-n2cnc3ccccc32)c1[N+](=O)[O-])c1ccccc1Cl. The Morgan fingerprint density at radius 2 is 1.83 bits per heavy atom. The largest absolute Gasteiger partial charge is 0.355 e. The topological polar surface area (TPSA) is 128 Å². The molecule has 11 heteroatoms. The third-order valence-corrected chi connectivity index (χ3v) is 4.41. The van der Waals surface area contributed by atoms with E-state index in [1.165, 1.54) is 17.0 Å². The first-order valence-corrected chi connectivity index (χ1v) is 8.67. The van der Waals surface area contributed by atoms with Crippen LogP contribution >= 0.6 is 11.6 Å². The maximum Gasteiger partial charge on any atom is 0.355 e. The van der Waals surface area contributed by atoms with Crippen molar-refractivity contribution >= 4 is 40.0 Å². The predicted molar refractivity (Wildman–Crippen MR) is 106 cm³/mol. The number of carbonyl (C=O) groups is 1. The van der Waals surface area contributed by atoms with Crippen molar-refractivity contribution in [3.63, 3.8) is 0 Å². The average molecular weight is 410 g/mol. The average Bonchev–Trinajstić information content (AvgIpc) is 3.16. The van der Waals surface area contributed by atoms with Crippen molar-refractivity contribution in [3.8, 4) is 5.82 Å². The van der Waals surface area contributed by atoms with Gasteiger partial charge in [-0.3, -0.25) is 30.3 Å². The first-order chi connectivity index (χ1) is 14.1. The quantitative estimate of drug-likeness (QED) is 0.382. The number of aromatic nitrogens is 4. The van der Waals surface area contributed by atoms with Crippen molar-refractivity contribution in [2.75, 3.05) is 5.43 Å². The number of halogens is 1. The van der Waals surface area contributed by atoms with E-state index in [9.17, 15) is 14.9 Å². The summed E-state index contributed by atoms with van der Waals surface area (Å²) in [5, 5.41) is 12.0. The van der Waals surface area contributed by atoms with E-state index in [2.05, 4.69) is 25.8 Å². The minimum Gasteiger partial charge on any atom is -0.277 e. The zero-order chi connectivity index (χ0) is 20.4. The van der Waals surface area contributed by atoms with E-state index >= 15 is 0 Å². The molecule has 0 bridgehead atoms. The van der Waals surface area contributed by atoms with Crippen LogP contribution in [-0.4, -0.2) is 30.3 Å². The molecular weight excluding hydrogens is 398 g/mol. The Labute approximate surface area is 168 Å². The van der Waals surface area contributed by atoms with Crippen molar-refractivity contribution in [1.29, 1.82) is 0 Å². The maximum atomic E-state index is 12.3. The van der Waals surface area contributed by atoms with Gasteiger partial charge in [-0.2, -0.15) is 0 Å². The van der Waals surface area contributed by atoms with Crippen molar-refractivity contribution in [1.82, 2.24) is 24.9 Å². The Kier molecular flexibility index (Phi) is 4.75. The molecule has 0 saturated heterocycles. The third-order valence-electron chi connectivity index (χ3n) is 4.08. The van der Waals surface area contributed by atoms with Gasteiger partial charge in [-0.05, 0) is 24.3 Å². The van der Waals surface area contributed by atoms with Gasteiger partial charge in [0.05, 0.1) is 26.5 Å². The van der Waals surface area contributed by atoms with E-state index in [0.717, 1.165) is 6.33 Å². The fraction of sp³-hybridized carbons (Fsp3) is 0. The van der Waals surface area contributed by atoms with Crippen LogP contribution in [0, 0.1) is 10.1 Å². The molecule has 0 fully saturated rings. The minimum absolute atomic E-state index is 0.00759. The summed E-state index contributed by atoms with van der Waals surface area (Å²) in [6, 6.07) is 13.6. The summed E-state index contributed by atoms with van der Waals surface area (Å²) in [4.78, 5) is 35.6. The van der Waals surface area contributed by atoms with Crippen LogP contribution < -0.4 is 10.9 Å². The Bertz CT molecular complexity index is 1240. The molecule has 0 radical (unpaired) electrons. The first-order valence-electron chi connectivity index (χ1n) is 8.29. The van der Waals surface area contributed by atoms with E-state index in [-0.39, 0.29) is 22.2 Å². The fourth-order valence-corrected chi connectivity index (χ4v) is 2.98. The molecule has 2 aromatic heterocycles. The van der Waals surface area contributed by atoms with Crippen LogP contribution in [0.4, 0.5) is 11.5 Å². The smallest absolute Gasteiger partial charge is 0.277 e. The number of hydrogen-bond acceptors (Lipinski definition) is 7. The van der Waals surface area contributed by atoms with Crippen LogP contribution in [0.2, 0.25) is 5.02 Å². The molecule has 0 unspecified atom stereocenters. The summed E-state index contributed by atoms with van der Waals surface area (Å²) in [5.74, 6) is -0.746. The van der Waals surface area contributed by atoms with Gasteiger partial charge in [0.15, 0.2) is 0 Å². The van der Waals surface area contributed by atoms with E-state index in [1.54, 1.807) is 36.4 Å². The molecule has 29 heavy (non-hydrogen) atoms. The van der Waals surface area contributed by atoms with Crippen LogP contribution in [0.1, 0.15) is 10.4 Å². The fourth-order valence-electron chi connectivity index (χ4n) is 2.76. The molecule has 0 atom stereocenters. The summed E-state index contributed by atoms with van der Waals surface area (Å²) in [7, 11) is 0. The van der Waals surface area contributed by atoms with Gasteiger partial charge in [-0.1, -0.05) is 35.9 Å². The second-order valence-electron chi connectivity index (χ2n) is 5.81. The number of carbonyl (C=O) groups excluding carboxylic acids is 1. The molecule has 0 spiro atoms. The van der Waals surface area contributed by atoms with E-state index in [4.69, 9.17) is 11.6 Å². The molecule has 0 aliphatic carbocycles. The number of fused-ring (bicyclic) bond motifs is 1. The van der Waals surface area contributed by atoms with Crippen molar-refractivity contribution in [2.24, 2.45) is 0 Å². The van der Waals surface area contributed by atoms with Crippen LogP contribution in [0.15, 0.2) is 61.2 Å². The van der Waals surface area contributed by atoms with Crippen molar-refractivity contribution in [3.05, 3.63) is 81.9 Å². The van der Waals surface area contributed by atoms with E-state index < -0.39 is 16.5 Å². The molecule has 144 valence electrons. The number of imidazole rings is 1. The molecule has 0 saturated carbocycles. The van der Waals surface area contributed by atoms with Gasteiger partial charge in [0.25, 0.3) is 5.91 Å². The van der Waals surface area contributed by atoms with Gasteiger partial charge < -0.3 is 0 Å². The van der Waals surface area contributed by atoms with Gasteiger partial charge in [0.2, 0.25) is 11.6 Å². The Morgan fingerprint density at radius 1 is 1.07 bits per heavy atom. The predicted octanol–water partition coefficient (Wildman–Crippen LogP) is 3.13. The number of rotatable bonds is 5. The second-order valence-corrected chi connectivity index (χ2v) is 6.22. The highest BCUT2D eigenvalue weighted by atomic mass is 35.5. The van der Waals surface area contributed by atoms with Crippen LogP contribution in [0.5, 0.6) is 0 Å². The summed E-state index contributed by atoms with van der Waals surface area (Å²) >= 11 is 6.00. The van der Waals surface area contributed by atoms with Crippen molar-refractivity contribution in [2.45, 2.75) is 0 Å². The molecule has 2 heterocycles. The summed E-state index contributed by atoms with van der Waals surface area (Å²) < 4.78 is 1.48. The normalized spacial score (nSPS) is 10.7. The van der Waals surface area contributed by atoms with E-state index in [1.807, 2.05) is 6.07 Å². The standard InChI is InChI=1S/C18H12ClN7O3/c19-12-6-2-1-5-11(12)18(27)24-23-16-15(26(28)29)17(21-9-20-16)25-10-22-13-7-3-4-8-14(13)25/h1-10H,(H,24,27)(H,20,21,23). The van der Waals surface area contributed by atoms with Crippen molar-refractivity contribution < 1.29 is 9.72 Å². The Balaban J connectivity index is 1.70. The Hall–Kier alpha value is -4.05. The lowest BCUT2D eigenvalue weighted by Crippen LogP contribution is -2.30. The number of nitrogens with zero attached hydrogens (tertiary/aromatic N) is 5. The highest BCUT2D eigenvalue weighted by molar-refractivity contribution is 6.33. The van der Waals surface area contributed by atoms with Gasteiger partial charge in [0, 0.05) is 0 Å². The Morgan fingerprint density at radius 3 is 2.62 bits per heavy atom. The van der Waals surface area contributed by atoms with Crippen LogP contribution in [0.3, 0.4) is 0 Å². The van der Waals surface area contributed by atoms with Crippen LogP contribution in [-0.2, 0) is 0 Å². The zero-order valence-corrected chi connectivity index (χ0v) is 15.4. The maximum absolute atomic E-state index is 12.3. The summed E-state index contributed by atoms with van der Waals surface area (Å²) in [6.45, 7) is 0. The van der Waals surface area contributed by atoms with Gasteiger partial charge in [0.1, 0.15) is 12.7 Å². The summed E-state index contributed by atoms with van der Waals surface area (Å²) in [5.41, 5.74) is 5.93. The van der Waals surface area contributed by atoms with Gasteiger partial charge in [-0.15, -0.1) is 0 Å². The zero-order valence-electron chi connectivity index (χ0n) is 14.6. The lowest BCUT2D eigenvalue weighted by atomic mass is 10.2. The molecule has 0 aliphatic heterocycles. The number of amides is 1. The molecule has 2 aromatic carbocycles. The first kappa shape index (κ1) is 18.3. The lowest BCUT2D eigenvalue weighted by molar-refractivity contribution is -0.384. The highest BCUT2D eigenvalue weighted by Crippen LogP contribution is 2.29. The number of nitrogens with one attached hydrogen (secondary N) is 2. The molecule has 4 rings (SSSR count).